The standard InChI is InChI=1S/C15H18N2O3/c1-20-14(19)16-8-13(18)17-9-11-4-2-3-5-12(11)15(10-17)6-7-15/h2-5H,6-10H2,1H3,(H,16,19). The van der Waals surface area contributed by atoms with Crippen molar-refractivity contribution < 1.29 is 14.3 Å². The summed E-state index contributed by atoms with van der Waals surface area (Å²) >= 11 is 0. The molecular weight excluding hydrogens is 256 g/mol. The lowest BCUT2D eigenvalue weighted by Gasteiger charge is -2.35. The monoisotopic (exact) mass is 274 g/mol. The fourth-order valence-corrected chi connectivity index (χ4v) is 2.97. The molecule has 0 atom stereocenters. The maximum atomic E-state index is 12.2. The molecule has 1 aromatic rings. The van der Waals surface area contributed by atoms with Gasteiger partial charge in [0.05, 0.1) is 7.11 Å². The molecule has 5 nitrogen and oxygen atoms in total. The van der Waals surface area contributed by atoms with Crippen molar-refractivity contribution in [1.29, 1.82) is 0 Å². The highest BCUT2D eigenvalue weighted by molar-refractivity contribution is 5.82. The number of methoxy groups -OCH3 is 1. The van der Waals surface area contributed by atoms with Gasteiger partial charge in [0, 0.05) is 18.5 Å². The summed E-state index contributed by atoms with van der Waals surface area (Å²) in [5.74, 6) is -0.0591. The highest BCUT2D eigenvalue weighted by Crippen LogP contribution is 2.52. The number of hydrogen-bond acceptors (Lipinski definition) is 3. The summed E-state index contributed by atoms with van der Waals surface area (Å²) in [5.41, 5.74) is 2.78. The Balaban J connectivity index is 1.72. The molecule has 0 aromatic heterocycles. The number of amides is 2. The van der Waals surface area contributed by atoms with Crippen molar-refractivity contribution in [3.8, 4) is 0 Å². The minimum absolute atomic E-state index is 0.00901. The van der Waals surface area contributed by atoms with Crippen molar-refractivity contribution in [3.05, 3.63) is 35.4 Å². The molecule has 0 bridgehead atoms. The Kier molecular flexibility index (Phi) is 3.12. The van der Waals surface area contributed by atoms with E-state index in [0.717, 1.165) is 19.4 Å². The summed E-state index contributed by atoms with van der Waals surface area (Å²) in [6.07, 6.45) is 1.70. The van der Waals surface area contributed by atoms with Crippen LogP contribution in [-0.4, -0.2) is 37.1 Å². The second-order valence-corrected chi connectivity index (χ2v) is 5.53. The zero-order valence-electron chi connectivity index (χ0n) is 11.5. The third kappa shape index (κ3) is 2.24. The molecule has 2 amide bonds. The van der Waals surface area contributed by atoms with Gasteiger partial charge in [0.15, 0.2) is 0 Å². The average molecular weight is 274 g/mol. The van der Waals surface area contributed by atoms with Gasteiger partial charge in [-0.1, -0.05) is 24.3 Å². The Labute approximate surface area is 117 Å². The Morgan fingerprint density at radius 1 is 1.35 bits per heavy atom. The Morgan fingerprint density at radius 2 is 2.10 bits per heavy atom. The van der Waals surface area contributed by atoms with Crippen LogP contribution in [0.25, 0.3) is 0 Å². The SMILES string of the molecule is COC(=O)NCC(=O)N1Cc2ccccc2C2(CC2)C1. The van der Waals surface area contributed by atoms with Gasteiger partial charge in [0.25, 0.3) is 0 Å². The molecule has 1 saturated carbocycles. The predicted molar refractivity (Wildman–Crippen MR) is 73.2 cm³/mol. The van der Waals surface area contributed by atoms with Gasteiger partial charge in [0.1, 0.15) is 6.54 Å². The van der Waals surface area contributed by atoms with Gasteiger partial charge in [-0.3, -0.25) is 4.79 Å². The molecule has 20 heavy (non-hydrogen) atoms. The topological polar surface area (TPSA) is 58.6 Å². The number of rotatable bonds is 2. The Bertz CT molecular complexity index is 552. The first kappa shape index (κ1) is 13.0. The van der Waals surface area contributed by atoms with E-state index in [4.69, 9.17) is 0 Å². The number of alkyl carbamates (subject to hydrolysis) is 1. The fourth-order valence-electron chi connectivity index (χ4n) is 2.97. The van der Waals surface area contributed by atoms with E-state index in [-0.39, 0.29) is 17.9 Å². The normalized spacial score (nSPS) is 18.4. The minimum Gasteiger partial charge on any atom is -0.453 e. The van der Waals surface area contributed by atoms with Crippen molar-refractivity contribution in [1.82, 2.24) is 10.2 Å². The number of nitrogens with zero attached hydrogens (tertiary/aromatic N) is 1. The molecule has 0 saturated heterocycles. The number of hydrogen-bond donors (Lipinski definition) is 1. The second-order valence-electron chi connectivity index (χ2n) is 5.53. The Morgan fingerprint density at radius 3 is 2.80 bits per heavy atom. The van der Waals surface area contributed by atoms with Gasteiger partial charge >= 0.3 is 6.09 Å². The van der Waals surface area contributed by atoms with Crippen LogP contribution in [0.3, 0.4) is 0 Å². The third-order valence-electron chi connectivity index (χ3n) is 4.22. The first-order chi connectivity index (χ1) is 9.64. The van der Waals surface area contributed by atoms with E-state index in [1.54, 1.807) is 0 Å². The maximum absolute atomic E-state index is 12.2. The van der Waals surface area contributed by atoms with Crippen molar-refractivity contribution in [3.63, 3.8) is 0 Å². The first-order valence-electron chi connectivity index (χ1n) is 6.83. The van der Waals surface area contributed by atoms with Crippen molar-refractivity contribution in [2.75, 3.05) is 20.2 Å². The third-order valence-corrected chi connectivity index (χ3v) is 4.22. The number of fused-ring (bicyclic) bond motifs is 2. The second kappa shape index (κ2) is 4.81. The van der Waals surface area contributed by atoms with Crippen LogP contribution in [-0.2, 0) is 21.5 Å². The van der Waals surface area contributed by atoms with E-state index < -0.39 is 6.09 Å². The first-order valence-corrected chi connectivity index (χ1v) is 6.83. The molecular formula is C15H18N2O3. The van der Waals surface area contributed by atoms with E-state index in [2.05, 4.69) is 28.3 Å². The highest BCUT2D eigenvalue weighted by Gasteiger charge is 2.49. The smallest absolute Gasteiger partial charge is 0.407 e. The van der Waals surface area contributed by atoms with Crippen LogP contribution in [0.1, 0.15) is 24.0 Å². The summed E-state index contributed by atoms with van der Waals surface area (Å²) in [6, 6.07) is 8.34. The quantitative estimate of drug-likeness (QED) is 0.887. The van der Waals surface area contributed by atoms with Crippen LogP contribution < -0.4 is 5.32 Å². The molecule has 1 N–H and O–H groups in total. The number of benzene rings is 1. The molecule has 1 aliphatic carbocycles. The number of carbonyl (C=O) groups excluding carboxylic acids is 2. The summed E-state index contributed by atoms with van der Waals surface area (Å²) in [5, 5.41) is 2.45. The van der Waals surface area contributed by atoms with Gasteiger partial charge in [-0.05, 0) is 24.0 Å². The van der Waals surface area contributed by atoms with Crippen molar-refractivity contribution in [2.24, 2.45) is 0 Å². The zero-order chi connectivity index (χ0) is 14.2. The number of nitrogens with one attached hydrogen (secondary N) is 1. The lowest BCUT2D eigenvalue weighted by Crippen LogP contribution is -2.46. The van der Waals surface area contributed by atoms with Crippen LogP contribution >= 0.6 is 0 Å². The van der Waals surface area contributed by atoms with Gasteiger partial charge in [-0.15, -0.1) is 0 Å². The summed E-state index contributed by atoms with van der Waals surface area (Å²) in [7, 11) is 1.29. The van der Waals surface area contributed by atoms with E-state index in [1.807, 2.05) is 11.0 Å². The van der Waals surface area contributed by atoms with Crippen LogP contribution in [0.2, 0.25) is 0 Å². The van der Waals surface area contributed by atoms with E-state index >= 15 is 0 Å². The van der Waals surface area contributed by atoms with Crippen LogP contribution in [0.15, 0.2) is 24.3 Å². The van der Waals surface area contributed by atoms with Crippen LogP contribution in [0, 0.1) is 0 Å². The fraction of sp³-hybridized carbons (Fsp3) is 0.467. The zero-order valence-corrected chi connectivity index (χ0v) is 11.5. The minimum atomic E-state index is -0.572. The van der Waals surface area contributed by atoms with Crippen LogP contribution in [0.4, 0.5) is 4.79 Å². The highest BCUT2D eigenvalue weighted by atomic mass is 16.5. The molecule has 1 spiro atoms. The molecule has 2 aliphatic rings. The van der Waals surface area contributed by atoms with Gasteiger partial charge in [0.2, 0.25) is 5.91 Å². The largest absolute Gasteiger partial charge is 0.453 e. The van der Waals surface area contributed by atoms with Crippen LogP contribution in [0.5, 0.6) is 0 Å². The average Bonchev–Trinajstić information content (AvgIpc) is 3.24. The molecule has 3 rings (SSSR count). The molecule has 1 heterocycles. The van der Waals surface area contributed by atoms with E-state index in [1.165, 1.54) is 18.2 Å². The molecule has 0 radical (unpaired) electrons. The lowest BCUT2D eigenvalue weighted by molar-refractivity contribution is -0.131. The van der Waals surface area contributed by atoms with Gasteiger partial charge < -0.3 is 15.0 Å². The number of ether oxygens (including phenoxy) is 1. The van der Waals surface area contributed by atoms with Crippen molar-refractivity contribution >= 4 is 12.0 Å². The molecule has 5 heteroatoms. The molecule has 1 aromatic carbocycles. The summed E-state index contributed by atoms with van der Waals surface area (Å²) in [4.78, 5) is 25.1. The van der Waals surface area contributed by atoms with Gasteiger partial charge in [-0.2, -0.15) is 0 Å². The molecule has 106 valence electrons. The predicted octanol–water partition coefficient (Wildman–Crippen LogP) is 1.42. The molecule has 0 unspecified atom stereocenters. The number of carbonyl (C=O) groups is 2. The van der Waals surface area contributed by atoms with E-state index in [0.29, 0.717) is 6.54 Å². The molecule has 1 aliphatic heterocycles. The van der Waals surface area contributed by atoms with Gasteiger partial charge in [-0.25, -0.2) is 4.79 Å². The lowest BCUT2D eigenvalue weighted by atomic mass is 9.87. The summed E-state index contributed by atoms with van der Waals surface area (Å²) < 4.78 is 4.48. The van der Waals surface area contributed by atoms with Crippen molar-refractivity contribution in [2.45, 2.75) is 24.8 Å². The maximum Gasteiger partial charge on any atom is 0.407 e. The summed E-state index contributed by atoms with van der Waals surface area (Å²) in [6.45, 7) is 1.37. The Hall–Kier alpha value is -2.04. The van der Waals surface area contributed by atoms with E-state index in [9.17, 15) is 9.59 Å². The molecule has 1 fully saturated rings.